The van der Waals surface area contributed by atoms with Crippen molar-refractivity contribution in [3.05, 3.63) is 45.7 Å². The van der Waals surface area contributed by atoms with Crippen LogP contribution >= 0.6 is 27.5 Å². The fourth-order valence-electron chi connectivity index (χ4n) is 1.59. The van der Waals surface area contributed by atoms with E-state index in [2.05, 4.69) is 21.0 Å². The first-order valence-corrected chi connectivity index (χ1v) is 6.58. The molecule has 0 unspecified atom stereocenters. The molecule has 0 aliphatic carbocycles. The van der Waals surface area contributed by atoms with E-state index < -0.39 is 0 Å². The van der Waals surface area contributed by atoms with Crippen LogP contribution in [-0.2, 0) is 6.42 Å². The van der Waals surface area contributed by atoms with E-state index in [1.165, 1.54) is 0 Å². The van der Waals surface area contributed by atoms with Crippen molar-refractivity contribution in [2.24, 2.45) is 5.73 Å². The highest BCUT2D eigenvalue weighted by atomic mass is 79.9. The number of nitrogens with zero attached hydrogens (tertiary/aromatic N) is 2. The summed E-state index contributed by atoms with van der Waals surface area (Å²) in [6.07, 6.45) is 3.59. The van der Waals surface area contributed by atoms with E-state index in [1.807, 2.05) is 24.3 Å². The molecule has 0 atom stereocenters. The van der Waals surface area contributed by atoms with E-state index in [9.17, 15) is 0 Å². The molecule has 0 saturated carbocycles. The minimum atomic E-state index is 0.666. The van der Waals surface area contributed by atoms with Gasteiger partial charge in [0.25, 0.3) is 0 Å². The summed E-state index contributed by atoms with van der Waals surface area (Å²) in [6, 6.07) is 7.87. The zero-order valence-electron chi connectivity index (χ0n) is 9.24. The lowest BCUT2D eigenvalue weighted by atomic mass is 10.2. The van der Waals surface area contributed by atoms with Crippen molar-refractivity contribution in [3.63, 3.8) is 0 Å². The highest BCUT2D eigenvalue weighted by Gasteiger charge is 2.09. The van der Waals surface area contributed by atoms with E-state index in [4.69, 9.17) is 17.3 Å². The summed E-state index contributed by atoms with van der Waals surface area (Å²) >= 11 is 9.68. The Morgan fingerprint density at radius 3 is 2.65 bits per heavy atom. The zero-order chi connectivity index (χ0) is 12.3. The molecule has 5 heteroatoms. The highest BCUT2D eigenvalue weighted by Crippen LogP contribution is 2.22. The van der Waals surface area contributed by atoms with Crippen molar-refractivity contribution >= 4 is 27.5 Å². The third-order valence-corrected chi connectivity index (χ3v) is 3.43. The van der Waals surface area contributed by atoms with E-state index >= 15 is 0 Å². The van der Waals surface area contributed by atoms with Crippen LogP contribution in [0, 0.1) is 0 Å². The van der Waals surface area contributed by atoms with Crippen LogP contribution in [0.25, 0.3) is 5.69 Å². The smallest absolute Gasteiger partial charge is 0.136 e. The first-order valence-electron chi connectivity index (χ1n) is 5.41. The van der Waals surface area contributed by atoms with Gasteiger partial charge in [-0.25, -0.2) is 4.68 Å². The maximum atomic E-state index is 6.28. The summed E-state index contributed by atoms with van der Waals surface area (Å²) in [4.78, 5) is 0. The van der Waals surface area contributed by atoms with Crippen LogP contribution in [-0.4, -0.2) is 16.3 Å². The van der Waals surface area contributed by atoms with Crippen LogP contribution in [0.15, 0.2) is 34.9 Å². The molecule has 0 spiro atoms. The van der Waals surface area contributed by atoms with E-state index in [-0.39, 0.29) is 0 Å². The third-order valence-electron chi connectivity index (χ3n) is 2.50. The van der Waals surface area contributed by atoms with Gasteiger partial charge in [-0.15, -0.1) is 0 Å². The van der Waals surface area contributed by atoms with Gasteiger partial charge >= 0.3 is 0 Å². The molecule has 0 amide bonds. The fraction of sp³-hybridized carbons (Fsp3) is 0.250. The Morgan fingerprint density at radius 2 is 2.00 bits per heavy atom. The molecule has 2 N–H and O–H groups in total. The molecule has 2 rings (SSSR count). The van der Waals surface area contributed by atoms with Gasteiger partial charge in [0.2, 0.25) is 0 Å². The SMILES string of the molecule is NCCCc1cnn(-c2ccc(Br)cc2)c1Cl. The average molecular weight is 315 g/mol. The minimum absolute atomic E-state index is 0.666. The molecule has 17 heavy (non-hydrogen) atoms. The molecular formula is C12H13BrClN3. The normalized spacial score (nSPS) is 10.8. The second-order valence-electron chi connectivity index (χ2n) is 3.74. The number of aromatic nitrogens is 2. The Labute approximate surface area is 114 Å². The van der Waals surface area contributed by atoms with Crippen molar-refractivity contribution in [1.82, 2.24) is 9.78 Å². The van der Waals surface area contributed by atoms with Crippen LogP contribution in [0.4, 0.5) is 0 Å². The molecule has 3 nitrogen and oxygen atoms in total. The molecule has 1 heterocycles. The average Bonchev–Trinajstić information content (AvgIpc) is 2.69. The molecule has 0 fully saturated rings. The molecule has 0 saturated heterocycles. The molecule has 90 valence electrons. The van der Waals surface area contributed by atoms with Crippen molar-refractivity contribution in [3.8, 4) is 5.69 Å². The monoisotopic (exact) mass is 313 g/mol. The van der Waals surface area contributed by atoms with Gasteiger partial charge in [0.05, 0.1) is 11.9 Å². The number of benzene rings is 1. The van der Waals surface area contributed by atoms with Gasteiger partial charge in [0.15, 0.2) is 0 Å². The standard InChI is InChI=1S/C12H13BrClN3/c13-10-3-5-11(6-4-10)17-12(14)9(8-16-17)2-1-7-15/h3-6,8H,1-2,7,15H2. The van der Waals surface area contributed by atoms with Gasteiger partial charge in [-0.2, -0.15) is 5.10 Å². The first-order chi connectivity index (χ1) is 8.22. The van der Waals surface area contributed by atoms with Crippen molar-refractivity contribution in [1.29, 1.82) is 0 Å². The van der Waals surface area contributed by atoms with Crippen LogP contribution in [0.2, 0.25) is 5.15 Å². The predicted molar refractivity (Wildman–Crippen MR) is 73.6 cm³/mol. The topological polar surface area (TPSA) is 43.8 Å². The fourth-order valence-corrected chi connectivity index (χ4v) is 2.14. The Hall–Kier alpha value is -0.840. The third kappa shape index (κ3) is 2.89. The minimum Gasteiger partial charge on any atom is -0.330 e. The molecule has 0 aliphatic rings. The Bertz CT molecular complexity index is 493. The van der Waals surface area contributed by atoms with Gasteiger partial charge in [-0.3, -0.25) is 0 Å². The summed E-state index contributed by atoms with van der Waals surface area (Å²) < 4.78 is 2.77. The number of nitrogens with two attached hydrogens (primary N) is 1. The van der Waals surface area contributed by atoms with Gasteiger partial charge < -0.3 is 5.73 Å². The summed E-state index contributed by atoms with van der Waals surface area (Å²) in [5, 5.41) is 4.96. The lowest BCUT2D eigenvalue weighted by molar-refractivity contribution is 0.831. The number of hydrogen-bond donors (Lipinski definition) is 1. The van der Waals surface area contributed by atoms with Gasteiger partial charge in [-0.05, 0) is 43.7 Å². The second kappa shape index (κ2) is 5.67. The Morgan fingerprint density at radius 1 is 1.29 bits per heavy atom. The van der Waals surface area contributed by atoms with Crippen molar-refractivity contribution in [2.45, 2.75) is 12.8 Å². The van der Waals surface area contributed by atoms with Gasteiger partial charge in [0.1, 0.15) is 5.15 Å². The van der Waals surface area contributed by atoms with E-state index in [0.29, 0.717) is 11.7 Å². The molecule has 0 aliphatic heterocycles. The molecular weight excluding hydrogens is 302 g/mol. The van der Waals surface area contributed by atoms with Crippen molar-refractivity contribution < 1.29 is 0 Å². The summed E-state index contributed by atoms with van der Waals surface area (Å²) in [5.41, 5.74) is 7.48. The molecule has 0 radical (unpaired) electrons. The number of aryl methyl sites for hydroxylation is 1. The van der Waals surface area contributed by atoms with Crippen LogP contribution in [0.5, 0.6) is 0 Å². The quantitative estimate of drug-likeness (QED) is 0.942. The summed E-state index contributed by atoms with van der Waals surface area (Å²) in [5.74, 6) is 0. The molecule has 2 aromatic rings. The second-order valence-corrected chi connectivity index (χ2v) is 5.01. The van der Waals surface area contributed by atoms with Gasteiger partial charge in [-0.1, -0.05) is 27.5 Å². The molecule has 1 aromatic heterocycles. The summed E-state index contributed by atoms with van der Waals surface area (Å²) in [6.45, 7) is 0.666. The summed E-state index contributed by atoms with van der Waals surface area (Å²) in [7, 11) is 0. The Balaban J connectivity index is 2.27. The van der Waals surface area contributed by atoms with Crippen LogP contribution in [0.3, 0.4) is 0 Å². The Kier molecular flexibility index (Phi) is 4.20. The zero-order valence-corrected chi connectivity index (χ0v) is 11.6. The largest absolute Gasteiger partial charge is 0.330 e. The lowest BCUT2D eigenvalue weighted by Gasteiger charge is -2.03. The van der Waals surface area contributed by atoms with E-state index in [0.717, 1.165) is 28.6 Å². The molecule has 1 aromatic carbocycles. The van der Waals surface area contributed by atoms with Crippen molar-refractivity contribution in [2.75, 3.05) is 6.54 Å². The maximum absolute atomic E-state index is 6.28. The van der Waals surface area contributed by atoms with E-state index in [1.54, 1.807) is 10.9 Å². The van der Waals surface area contributed by atoms with Crippen LogP contribution in [0.1, 0.15) is 12.0 Å². The number of halogens is 2. The molecule has 0 bridgehead atoms. The number of hydrogen-bond acceptors (Lipinski definition) is 2. The van der Waals surface area contributed by atoms with Crippen LogP contribution < -0.4 is 5.73 Å². The first kappa shape index (κ1) is 12.6. The highest BCUT2D eigenvalue weighted by molar-refractivity contribution is 9.10. The lowest BCUT2D eigenvalue weighted by Crippen LogP contribution is -2.00. The predicted octanol–water partition coefficient (Wildman–Crippen LogP) is 3.18. The number of rotatable bonds is 4. The maximum Gasteiger partial charge on any atom is 0.136 e. The van der Waals surface area contributed by atoms with Gasteiger partial charge in [0, 0.05) is 10.0 Å².